The van der Waals surface area contributed by atoms with Crippen LogP contribution in [0.5, 0.6) is 0 Å². The lowest BCUT2D eigenvalue weighted by Gasteiger charge is -2.20. The fraction of sp³-hybridized carbons (Fsp3) is 0.333. The van der Waals surface area contributed by atoms with Gasteiger partial charge in [-0.1, -0.05) is 41.6 Å². The first kappa shape index (κ1) is 25.6. The molecule has 0 saturated heterocycles. The molecule has 10 heteroatoms. The van der Waals surface area contributed by atoms with Crippen molar-refractivity contribution < 1.29 is 4.79 Å². The number of anilines is 2. The average molecular weight is 500 g/mol. The Labute approximate surface area is 209 Å². The molecule has 8 nitrogen and oxygen atoms in total. The van der Waals surface area contributed by atoms with Crippen LogP contribution in [0, 0.1) is 0 Å². The van der Waals surface area contributed by atoms with Crippen LogP contribution in [-0.4, -0.2) is 45.7 Å². The Kier molecular flexibility index (Phi) is 9.35. The van der Waals surface area contributed by atoms with Crippen molar-refractivity contribution >= 4 is 46.9 Å². The number of nitrogens with zero attached hydrogens (tertiary/aromatic N) is 5. The smallest absolute Gasteiger partial charge is 0.250 e. The van der Waals surface area contributed by atoms with Gasteiger partial charge in [0.2, 0.25) is 0 Å². The molecular weight excluding hydrogens is 470 g/mol. The maximum Gasteiger partial charge on any atom is 0.250 e. The summed E-state index contributed by atoms with van der Waals surface area (Å²) in [6.45, 7) is 8.18. The molecule has 0 aliphatic rings. The third-order valence-corrected chi connectivity index (χ3v) is 6.48. The molecular formula is C24H30ClN7OS. The fourth-order valence-corrected chi connectivity index (χ4v) is 4.32. The largest absolute Gasteiger partial charge is 0.375 e. The lowest BCUT2D eigenvalue weighted by molar-refractivity contribution is -0.118. The van der Waals surface area contributed by atoms with Gasteiger partial charge < -0.3 is 14.8 Å². The number of benzene rings is 2. The van der Waals surface area contributed by atoms with Crippen LogP contribution in [-0.2, 0) is 11.8 Å². The Hall–Kier alpha value is -3.04. The van der Waals surface area contributed by atoms with Crippen LogP contribution in [0.1, 0.15) is 38.2 Å². The van der Waals surface area contributed by atoms with E-state index in [1.54, 1.807) is 6.21 Å². The molecule has 1 heterocycles. The molecule has 1 amide bonds. The zero-order valence-corrected chi connectivity index (χ0v) is 21.4. The molecule has 34 heavy (non-hydrogen) atoms. The summed E-state index contributed by atoms with van der Waals surface area (Å²) >= 11 is 7.36. The van der Waals surface area contributed by atoms with Crippen molar-refractivity contribution in [1.29, 1.82) is 0 Å². The minimum Gasteiger partial charge on any atom is -0.375 e. The van der Waals surface area contributed by atoms with Gasteiger partial charge in [0.1, 0.15) is 0 Å². The third-order valence-electron chi connectivity index (χ3n) is 5.22. The van der Waals surface area contributed by atoms with Crippen molar-refractivity contribution in [3.63, 3.8) is 0 Å². The van der Waals surface area contributed by atoms with Crippen molar-refractivity contribution in [2.75, 3.05) is 29.1 Å². The molecule has 0 spiro atoms. The van der Waals surface area contributed by atoms with Crippen molar-refractivity contribution in [2.45, 2.75) is 32.0 Å². The summed E-state index contributed by atoms with van der Waals surface area (Å²) in [5, 5.41) is 17.2. The van der Waals surface area contributed by atoms with Crippen LogP contribution < -0.4 is 15.6 Å². The lowest BCUT2D eigenvalue weighted by Crippen LogP contribution is -2.21. The van der Waals surface area contributed by atoms with Crippen LogP contribution in [0.4, 0.5) is 11.4 Å². The monoisotopic (exact) mass is 499 g/mol. The van der Waals surface area contributed by atoms with E-state index in [9.17, 15) is 4.79 Å². The highest BCUT2D eigenvalue weighted by molar-refractivity contribution is 7.99. The SMILES string of the molecule is CCN(CC)c1ccc(C=NNC(=O)CSc2nnc([C@@H](C)Nc3cccc(Cl)c3)n2C)cc1. The summed E-state index contributed by atoms with van der Waals surface area (Å²) in [5.41, 5.74) is 5.55. The molecule has 0 radical (unpaired) electrons. The van der Waals surface area contributed by atoms with Crippen LogP contribution in [0.2, 0.25) is 5.02 Å². The van der Waals surface area contributed by atoms with E-state index in [-0.39, 0.29) is 17.7 Å². The number of aromatic nitrogens is 3. The molecule has 2 aromatic carbocycles. The number of rotatable bonds is 11. The molecule has 0 bridgehead atoms. The maximum atomic E-state index is 12.2. The number of carbonyl (C=O) groups excluding carboxylic acids is 1. The fourth-order valence-electron chi connectivity index (χ4n) is 3.42. The number of hydrazone groups is 1. The second-order valence-corrected chi connectivity index (χ2v) is 9.00. The summed E-state index contributed by atoms with van der Waals surface area (Å²) < 4.78 is 1.88. The predicted molar refractivity (Wildman–Crippen MR) is 141 cm³/mol. The summed E-state index contributed by atoms with van der Waals surface area (Å²) in [4.78, 5) is 14.5. The highest BCUT2D eigenvalue weighted by Gasteiger charge is 2.16. The number of halogens is 1. The lowest BCUT2D eigenvalue weighted by atomic mass is 10.2. The molecule has 0 aliphatic heterocycles. The van der Waals surface area contributed by atoms with Gasteiger partial charge in [-0.3, -0.25) is 4.79 Å². The average Bonchev–Trinajstić information content (AvgIpc) is 3.20. The quantitative estimate of drug-likeness (QED) is 0.225. The van der Waals surface area contributed by atoms with E-state index in [0.717, 1.165) is 30.2 Å². The molecule has 0 saturated carbocycles. The second-order valence-electron chi connectivity index (χ2n) is 7.62. The first-order valence-electron chi connectivity index (χ1n) is 11.1. The van der Waals surface area contributed by atoms with Crippen molar-refractivity contribution in [3.8, 4) is 0 Å². The Balaban J connectivity index is 1.49. The van der Waals surface area contributed by atoms with Crippen molar-refractivity contribution in [2.24, 2.45) is 12.1 Å². The molecule has 3 aromatic rings. The van der Waals surface area contributed by atoms with Gasteiger partial charge in [0.15, 0.2) is 11.0 Å². The summed E-state index contributed by atoms with van der Waals surface area (Å²) in [7, 11) is 1.88. The van der Waals surface area contributed by atoms with Gasteiger partial charge in [0.05, 0.1) is 18.0 Å². The van der Waals surface area contributed by atoms with Crippen molar-refractivity contribution in [1.82, 2.24) is 20.2 Å². The number of nitrogens with one attached hydrogen (secondary N) is 2. The van der Waals surface area contributed by atoms with E-state index in [0.29, 0.717) is 10.2 Å². The number of hydrogen-bond acceptors (Lipinski definition) is 7. The summed E-state index contributed by atoms with van der Waals surface area (Å²) in [5.74, 6) is 0.727. The number of amides is 1. The first-order chi connectivity index (χ1) is 16.4. The van der Waals surface area contributed by atoms with Gasteiger partial charge >= 0.3 is 0 Å². The normalized spacial score (nSPS) is 12.0. The zero-order chi connectivity index (χ0) is 24.5. The Morgan fingerprint density at radius 1 is 1.21 bits per heavy atom. The Morgan fingerprint density at radius 3 is 2.62 bits per heavy atom. The minimum atomic E-state index is -0.212. The first-order valence-corrected chi connectivity index (χ1v) is 12.5. The molecule has 1 atom stereocenters. The van der Waals surface area contributed by atoms with E-state index in [1.165, 1.54) is 17.4 Å². The molecule has 2 N–H and O–H groups in total. The van der Waals surface area contributed by atoms with Gasteiger partial charge in [-0.25, -0.2) is 5.43 Å². The van der Waals surface area contributed by atoms with Gasteiger partial charge in [-0.2, -0.15) is 5.10 Å². The number of carbonyl (C=O) groups is 1. The van der Waals surface area contributed by atoms with Crippen LogP contribution in [0.25, 0.3) is 0 Å². The van der Waals surface area contributed by atoms with E-state index < -0.39 is 0 Å². The van der Waals surface area contributed by atoms with E-state index >= 15 is 0 Å². The molecule has 0 aliphatic carbocycles. The highest BCUT2D eigenvalue weighted by atomic mass is 35.5. The summed E-state index contributed by atoms with van der Waals surface area (Å²) in [6.07, 6.45) is 1.64. The molecule has 180 valence electrons. The van der Waals surface area contributed by atoms with Gasteiger partial charge in [-0.15, -0.1) is 10.2 Å². The minimum absolute atomic E-state index is 0.0862. The second kappa shape index (κ2) is 12.4. The standard InChI is InChI=1S/C24H30ClN7OS/c1-5-32(6-2)21-12-10-18(11-13-21)15-26-28-22(33)16-34-24-30-29-23(31(24)4)17(3)27-20-9-7-8-19(25)14-20/h7-15,17,27H,5-6,16H2,1-4H3,(H,28,33)/t17-/m1/s1. The predicted octanol–water partition coefficient (Wildman–Crippen LogP) is 4.73. The van der Waals surface area contributed by atoms with E-state index in [1.807, 2.05) is 54.9 Å². The zero-order valence-electron chi connectivity index (χ0n) is 19.8. The maximum absolute atomic E-state index is 12.2. The van der Waals surface area contributed by atoms with Gasteiger partial charge in [-0.05, 0) is 56.7 Å². The van der Waals surface area contributed by atoms with Crippen LogP contribution in [0.3, 0.4) is 0 Å². The topological polar surface area (TPSA) is 87.4 Å². The van der Waals surface area contributed by atoms with E-state index in [4.69, 9.17) is 11.6 Å². The highest BCUT2D eigenvalue weighted by Crippen LogP contribution is 2.23. The molecule has 3 rings (SSSR count). The Morgan fingerprint density at radius 2 is 1.94 bits per heavy atom. The number of hydrogen-bond donors (Lipinski definition) is 2. The molecule has 0 fully saturated rings. The summed E-state index contributed by atoms with van der Waals surface area (Å²) in [6, 6.07) is 15.5. The van der Waals surface area contributed by atoms with Gasteiger partial charge in [0.25, 0.3) is 5.91 Å². The van der Waals surface area contributed by atoms with E-state index in [2.05, 4.69) is 56.9 Å². The van der Waals surface area contributed by atoms with Crippen LogP contribution >= 0.6 is 23.4 Å². The molecule has 0 unspecified atom stereocenters. The number of thioether (sulfide) groups is 1. The third kappa shape index (κ3) is 6.98. The van der Waals surface area contributed by atoms with Crippen LogP contribution in [0.15, 0.2) is 58.8 Å². The Bertz CT molecular complexity index is 1110. The van der Waals surface area contributed by atoms with Crippen molar-refractivity contribution in [3.05, 3.63) is 64.9 Å². The molecule has 1 aromatic heterocycles. The van der Waals surface area contributed by atoms with Gasteiger partial charge in [0, 0.05) is 36.5 Å².